The SMILES string of the molecule is CCC(C)c1ccccc1Oc1cccnc1C#N. The molecule has 0 aliphatic carbocycles. The van der Waals surface area contributed by atoms with Crippen LogP contribution in [0.2, 0.25) is 0 Å². The third kappa shape index (κ3) is 2.92. The first kappa shape index (κ1) is 13.1. The molecule has 2 rings (SSSR count). The van der Waals surface area contributed by atoms with Crippen molar-refractivity contribution in [2.24, 2.45) is 0 Å². The summed E-state index contributed by atoms with van der Waals surface area (Å²) >= 11 is 0. The number of ether oxygens (including phenoxy) is 1. The quantitative estimate of drug-likeness (QED) is 0.816. The van der Waals surface area contributed by atoms with Crippen LogP contribution in [-0.2, 0) is 0 Å². The molecule has 0 saturated heterocycles. The monoisotopic (exact) mass is 252 g/mol. The van der Waals surface area contributed by atoms with Gasteiger partial charge in [0.1, 0.15) is 11.8 Å². The second-order valence-corrected chi connectivity index (χ2v) is 4.41. The topological polar surface area (TPSA) is 45.9 Å². The molecule has 0 spiro atoms. The van der Waals surface area contributed by atoms with Crippen LogP contribution in [-0.4, -0.2) is 4.98 Å². The van der Waals surface area contributed by atoms with Gasteiger partial charge in [-0.1, -0.05) is 32.0 Å². The number of para-hydroxylation sites is 1. The predicted molar refractivity (Wildman–Crippen MR) is 74.2 cm³/mol. The Morgan fingerprint density at radius 1 is 1.21 bits per heavy atom. The summed E-state index contributed by atoms with van der Waals surface area (Å²) in [5.74, 6) is 1.71. The average molecular weight is 252 g/mol. The lowest BCUT2D eigenvalue weighted by molar-refractivity contribution is 0.466. The van der Waals surface area contributed by atoms with Crippen LogP contribution < -0.4 is 4.74 Å². The second kappa shape index (κ2) is 6.01. The molecule has 0 aliphatic rings. The molecule has 0 aliphatic heterocycles. The predicted octanol–water partition coefficient (Wildman–Crippen LogP) is 4.26. The fourth-order valence-corrected chi connectivity index (χ4v) is 1.88. The maximum Gasteiger partial charge on any atom is 0.183 e. The number of nitriles is 1. The Balaban J connectivity index is 2.36. The van der Waals surface area contributed by atoms with E-state index in [0.717, 1.165) is 17.7 Å². The summed E-state index contributed by atoms with van der Waals surface area (Å²) in [6.45, 7) is 4.31. The van der Waals surface area contributed by atoms with E-state index in [4.69, 9.17) is 10.00 Å². The van der Waals surface area contributed by atoms with Crippen LogP contribution in [0, 0.1) is 11.3 Å². The van der Waals surface area contributed by atoms with Gasteiger partial charge >= 0.3 is 0 Å². The van der Waals surface area contributed by atoms with Gasteiger partial charge in [-0.15, -0.1) is 0 Å². The minimum Gasteiger partial charge on any atom is -0.454 e. The molecule has 0 amide bonds. The minimum absolute atomic E-state index is 0.307. The van der Waals surface area contributed by atoms with E-state index in [1.807, 2.05) is 24.3 Å². The highest BCUT2D eigenvalue weighted by Crippen LogP contribution is 2.32. The van der Waals surface area contributed by atoms with Crippen molar-refractivity contribution in [3.05, 3.63) is 53.9 Å². The van der Waals surface area contributed by atoms with Crippen molar-refractivity contribution < 1.29 is 4.74 Å². The Morgan fingerprint density at radius 3 is 2.68 bits per heavy atom. The van der Waals surface area contributed by atoms with Gasteiger partial charge in [0.05, 0.1) is 0 Å². The molecule has 0 N–H and O–H groups in total. The van der Waals surface area contributed by atoms with E-state index in [1.54, 1.807) is 18.3 Å². The summed E-state index contributed by atoms with van der Waals surface area (Å²) in [5, 5.41) is 9.03. The van der Waals surface area contributed by atoms with Crippen LogP contribution in [0.3, 0.4) is 0 Å². The van der Waals surface area contributed by atoms with Gasteiger partial charge in [0.25, 0.3) is 0 Å². The molecular formula is C16H16N2O. The largest absolute Gasteiger partial charge is 0.454 e. The molecule has 1 unspecified atom stereocenters. The lowest BCUT2D eigenvalue weighted by atomic mass is 9.98. The van der Waals surface area contributed by atoms with E-state index >= 15 is 0 Å². The van der Waals surface area contributed by atoms with Crippen molar-refractivity contribution in [3.8, 4) is 17.6 Å². The number of benzene rings is 1. The summed E-state index contributed by atoms with van der Waals surface area (Å²) in [4.78, 5) is 4.00. The Hall–Kier alpha value is -2.34. The van der Waals surface area contributed by atoms with E-state index in [9.17, 15) is 0 Å². The number of nitrogens with zero attached hydrogens (tertiary/aromatic N) is 2. The van der Waals surface area contributed by atoms with Gasteiger partial charge in [-0.2, -0.15) is 5.26 Å². The van der Waals surface area contributed by atoms with E-state index in [-0.39, 0.29) is 0 Å². The minimum atomic E-state index is 0.307. The van der Waals surface area contributed by atoms with Gasteiger partial charge in [0.2, 0.25) is 0 Å². The zero-order chi connectivity index (χ0) is 13.7. The fraction of sp³-hybridized carbons (Fsp3) is 0.250. The Kier molecular flexibility index (Phi) is 4.15. The first-order valence-corrected chi connectivity index (χ1v) is 6.38. The van der Waals surface area contributed by atoms with Crippen LogP contribution >= 0.6 is 0 Å². The molecule has 2 aromatic rings. The molecule has 3 nitrogen and oxygen atoms in total. The van der Waals surface area contributed by atoms with Crippen molar-refractivity contribution in [2.45, 2.75) is 26.2 Å². The molecule has 1 aromatic carbocycles. The van der Waals surface area contributed by atoms with Gasteiger partial charge in [-0.05, 0) is 36.1 Å². The van der Waals surface area contributed by atoms with Crippen LogP contribution in [0.1, 0.15) is 37.4 Å². The Labute approximate surface area is 113 Å². The molecule has 1 atom stereocenters. The third-order valence-corrected chi connectivity index (χ3v) is 3.16. The molecule has 1 aromatic heterocycles. The van der Waals surface area contributed by atoms with Crippen molar-refractivity contribution in [1.29, 1.82) is 5.26 Å². The van der Waals surface area contributed by atoms with E-state index in [1.165, 1.54) is 0 Å². The van der Waals surface area contributed by atoms with Crippen LogP contribution in [0.25, 0.3) is 0 Å². The smallest absolute Gasteiger partial charge is 0.183 e. The average Bonchev–Trinajstić information content (AvgIpc) is 2.47. The third-order valence-electron chi connectivity index (χ3n) is 3.16. The van der Waals surface area contributed by atoms with Crippen LogP contribution in [0.4, 0.5) is 0 Å². The van der Waals surface area contributed by atoms with Crippen molar-refractivity contribution >= 4 is 0 Å². The summed E-state index contributed by atoms with van der Waals surface area (Å²) in [6, 6.07) is 13.5. The number of aromatic nitrogens is 1. The number of pyridine rings is 1. The van der Waals surface area contributed by atoms with Crippen molar-refractivity contribution in [1.82, 2.24) is 4.98 Å². The maximum atomic E-state index is 9.03. The molecule has 0 bridgehead atoms. The summed E-state index contributed by atoms with van der Waals surface area (Å²) < 4.78 is 5.87. The molecule has 96 valence electrons. The molecule has 0 saturated carbocycles. The second-order valence-electron chi connectivity index (χ2n) is 4.41. The van der Waals surface area contributed by atoms with Crippen molar-refractivity contribution in [3.63, 3.8) is 0 Å². The Bertz CT molecular complexity index is 602. The van der Waals surface area contributed by atoms with Crippen LogP contribution in [0.5, 0.6) is 11.5 Å². The fourth-order valence-electron chi connectivity index (χ4n) is 1.88. The molecule has 3 heteroatoms. The molecule has 0 fully saturated rings. The first-order valence-electron chi connectivity index (χ1n) is 6.38. The molecule has 19 heavy (non-hydrogen) atoms. The lowest BCUT2D eigenvalue weighted by Crippen LogP contribution is -1.97. The van der Waals surface area contributed by atoms with E-state index in [2.05, 4.69) is 24.9 Å². The van der Waals surface area contributed by atoms with Gasteiger partial charge < -0.3 is 4.74 Å². The maximum absolute atomic E-state index is 9.03. The number of rotatable bonds is 4. The zero-order valence-corrected chi connectivity index (χ0v) is 11.1. The first-order chi connectivity index (χ1) is 9.26. The lowest BCUT2D eigenvalue weighted by Gasteiger charge is -2.15. The van der Waals surface area contributed by atoms with Gasteiger partial charge in [-0.3, -0.25) is 0 Å². The highest BCUT2D eigenvalue weighted by atomic mass is 16.5. The summed E-state index contributed by atoms with van der Waals surface area (Å²) in [5.41, 5.74) is 1.46. The van der Waals surface area contributed by atoms with E-state index < -0.39 is 0 Å². The summed E-state index contributed by atoms with van der Waals surface area (Å²) in [6.07, 6.45) is 2.63. The van der Waals surface area contributed by atoms with Crippen molar-refractivity contribution in [2.75, 3.05) is 0 Å². The Morgan fingerprint density at radius 2 is 1.95 bits per heavy atom. The van der Waals surface area contributed by atoms with Gasteiger partial charge in [-0.25, -0.2) is 4.98 Å². The van der Waals surface area contributed by atoms with Gasteiger partial charge in [0.15, 0.2) is 11.4 Å². The highest BCUT2D eigenvalue weighted by Gasteiger charge is 2.12. The number of hydrogen-bond acceptors (Lipinski definition) is 3. The van der Waals surface area contributed by atoms with E-state index in [0.29, 0.717) is 17.4 Å². The summed E-state index contributed by atoms with van der Waals surface area (Å²) in [7, 11) is 0. The number of hydrogen-bond donors (Lipinski definition) is 0. The molecule has 0 radical (unpaired) electrons. The normalized spacial score (nSPS) is 11.6. The van der Waals surface area contributed by atoms with Crippen LogP contribution in [0.15, 0.2) is 42.6 Å². The standard InChI is InChI=1S/C16H16N2O/c1-3-12(2)13-7-4-5-8-15(13)19-16-9-6-10-18-14(16)11-17/h4-10,12H,3H2,1-2H3. The van der Waals surface area contributed by atoms with Gasteiger partial charge in [0, 0.05) is 6.20 Å². The molecular weight excluding hydrogens is 236 g/mol. The zero-order valence-electron chi connectivity index (χ0n) is 11.1. The molecule has 1 heterocycles. The highest BCUT2D eigenvalue weighted by molar-refractivity contribution is 5.43.